The van der Waals surface area contributed by atoms with Crippen molar-refractivity contribution < 1.29 is 14.3 Å². The molecule has 10 nitrogen and oxygen atoms in total. The van der Waals surface area contributed by atoms with Gasteiger partial charge in [0.15, 0.2) is 11.5 Å². The maximum Gasteiger partial charge on any atom is 0.332 e. The predicted octanol–water partition coefficient (Wildman–Crippen LogP) is 1.71. The van der Waals surface area contributed by atoms with E-state index in [4.69, 9.17) is 9.47 Å². The first kappa shape index (κ1) is 22.4. The number of nitrogens with one attached hydrogen (secondary N) is 1. The minimum absolute atomic E-state index is 0.0358. The van der Waals surface area contributed by atoms with E-state index in [9.17, 15) is 19.2 Å². The molecule has 3 aromatic rings. The fourth-order valence-corrected chi connectivity index (χ4v) is 4.05. The second kappa shape index (κ2) is 8.97. The van der Waals surface area contributed by atoms with Gasteiger partial charge in [0, 0.05) is 38.0 Å². The van der Waals surface area contributed by atoms with Gasteiger partial charge >= 0.3 is 5.69 Å². The van der Waals surface area contributed by atoms with Crippen LogP contribution in [0.4, 0.5) is 5.69 Å². The molecule has 0 unspecified atom stereocenters. The fourth-order valence-electron chi connectivity index (χ4n) is 4.05. The van der Waals surface area contributed by atoms with Crippen LogP contribution in [0, 0.1) is 0 Å². The number of nitrogens with zero attached hydrogens (tertiary/aromatic N) is 3. The molecule has 33 heavy (non-hydrogen) atoms. The van der Waals surface area contributed by atoms with E-state index in [1.165, 1.54) is 16.2 Å². The summed E-state index contributed by atoms with van der Waals surface area (Å²) in [5.41, 5.74) is -1.09. The summed E-state index contributed by atoms with van der Waals surface area (Å²) in [6, 6.07) is 6.11. The monoisotopic (exact) mass is 454 g/mol. The molecular weight excluding hydrogens is 428 g/mol. The van der Waals surface area contributed by atoms with Crippen LogP contribution < -0.4 is 31.6 Å². The summed E-state index contributed by atoms with van der Waals surface area (Å²) in [5, 5.41) is 2.77. The van der Waals surface area contributed by atoms with Gasteiger partial charge in [-0.15, -0.1) is 0 Å². The highest BCUT2D eigenvalue weighted by atomic mass is 16.6. The van der Waals surface area contributed by atoms with Gasteiger partial charge in [-0.1, -0.05) is 13.8 Å². The molecule has 1 aliphatic rings. The molecule has 0 spiro atoms. The van der Waals surface area contributed by atoms with E-state index in [0.29, 0.717) is 49.8 Å². The smallest absolute Gasteiger partial charge is 0.332 e. The Hall–Kier alpha value is -3.82. The topological polar surface area (TPSA) is 114 Å². The number of pyridine rings is 1. The molecule has 0 fully saturated rings. The summed E-state index contributed by atoms with van der Waals surface area (Å²) in [5.74, 6) is 0.440. The number of hydrogen-bond donors (Lipinski definition) is 1. The summed E-state index contributed by atoms with van der Waals surface area (Å²) in [6.45, 7) is 5.10. The molecule has 0 aliphatic carbocycles. The average Bonchev–Trinajstić information content (AvgIpc) is 2.81. The fraction of sp³-hybridized carbons (Fsp3) is 0.391. The molecule has 1 aromatic carbocycles. The molecular formula is C23H26N4O6. The number of ether oxygens (including phenoxy) is 2. The number of anilines is 1. The van der Waals surface area contributed by atoms with Crippen molar-refractivity contribution in [3.8, 4) is 11.5 Å². The van der Waals surface area contributed by atoms with Crippen LogP contribution in [0.3, 0.4) is 0 Å². The molecule has 10 heteroatoms. The molecule has 0 saturated carbocycles. The van der Waals surface area contributed by atoms with Crippen LogP contribution in [0.5, 0.6) is 11.5 Å². The van der Waals surface area contributed by atoms with E-state index in [1.54, 1.807) is 18.2 Å². The van der Waals surface area contributed by atoms with Gasteiger partial charge in [-0.25, -0.2) is 4.79 Å². The van der Waals surface area contributed by atoms with E-state index in [0.717, 1.165) is 10.6 Å². The Balaban J connectivity index is 1.90. The van der Waals surface area contributed by atoms with Crippen LogP contribution in [-0.2, 0) is 20.1 Å². The quantitative estimate of drug-likeness (QED) is 0.607. The number of hydrogen-bond acceptors (Lipinski definition) is 6. The Labute approximate surface area is 189 Å². The van der Waals surface area contributed by atoms with Crippen LogP contribution in [0.2, 0.25) is 0 Å². The predicted molar refractivity (Wildman–Crippen MR) is 124 cm³/mol. The zero-order chi connectivity index (χ0) is 23.7. The summed E-state index contributed by atoms with van der Waals surface area (Å²) in [7, 11) is 1.50. The van der Waals surface area contributed by atoms with Gasteiger partial charge in [-0.05, 0) is 25.0 Å². The molecule has 1 aliphatic heterocycles. The standard InChI is InChI=1S/C23H26N4O6/c1-4-8-26-18(28)13-15(19-21(26)25(3)23(31)27(9-5-2)22(19)30)20(29)24-14-6-7-16-17(12-14)33-11-10-32-16/h6-7,12-13H,4-5,8-11H2,1-3H3,(H,24,29). The normalized spacial score (nSPS) is 12.7. The van der Waals surface area contributed by atoms with Crippen molar-refractivity contribution in [1.29, 1.82) is 0 Å². The molecule has 4 rings (SSSR count). The summed E-state index contributed by atoms with van der Waals surface area (Å²) in [6.07, 6.45) is 1.18. The van der Waals surface area contributed by atoms with Gasteiger partial charge in [0.2, 0.25) is 0 Å². The number of aryl methyl sites for hydroxylation is 2. The number of fused-ring (bicyclic) bond motifs is 2. The van der Waals surface area contributed by atoms with Gasteiger partial charge in [-0.3, -0.25) is 28.1 Å². The van der Waals surface area contributed by atoms with Gasteiger partial charge in [0.1, 0.15) is 18.9 Å². The zero-order valence-corrected chi connectivity index (χ0v) is 18.8. The third kappa shape index (κ3) is 3.92. The van der Waals surface area contributed by atoms with Crippen LogP contribution in [0.1, 0.15) is 37.0 Å². The highest BCUT2D eigenvalue weighted by Crippen LogP contribution is 2.32. The van der Waals surface area contributed by atoms with Crippen LogP contribution in [0.15, 0.2) is 38.6 Å². The van der Waals surface area contributed by atoms with Gasteiger partial charge in [0.25, 0.3) is 17.0 Å². The van der Waals surface area contributed by atoms with Crippen molar-refractivity contribution in [3.05, 3.63) is 61.0 Å². The van der Waals surface area contributed by atoms with Crippen molar-refractivity contribution >= 4 is 22.6 Å². The van der Waals surface area contributed by atoms with Gasteiger partial charge in [0.05, 0.1) is 10.9 Å². The minimum atomic E-state index is -0.628. The number of aromatic nitrogens is 3. The molecule has 2 aromatic heterocycles. The van der Waals surface area contributed by atoms with Crippen LogP contribution in [0.25, 0.3) is 11.0 Å². The lowest BCUT2D eigenvalue weighted by molar-refractivity contribution is 0.102. The van der Waals surface area contributed by atoms with E-state index >= 15 is 0 Å². The van der Waals surface area contributed by atoms with Crippen molar-refractivity contribution in [1.82, 2.24) is 13.7 Å². The maximum atomic E-state index is 13.3. The summed E-state index contributed by atoms with van der Waals surface area (Å²) < 4.78 is 14.8. The largest absolute Gasteiger partial charge is 0.486 e. The highest BCUT2D eigenvalue weighted by Gasteiger charge is 2.23. The third-order valence-corrected chi connectivity index (χ3v) is 5.52. The first-order valence-electron chi connectivity index (χ1n) is 11.0. The second-order valence-electron chi connectivity index (χ2n) is 7.86. The van der Waals surface area contributed by atoms with Crippen molar-refractivity contribution in [3.63, 3.8) is 0 Å². The zero-order valence-electron chi connectivity index (χ0n) is 18.8. The Kier molecular flexibility index (Phi) is 6.08. The molecule has 0 radical (unpaired) electrons. The highest BCUT2D eigenvalue weighted by molar-refractivity contribution is 6.11. The molecule has 0 atom stereocenters. The van der Waals surface area contributed by atoms with Crippen LogP contribution >= 0.6 is 0 Å². The number of carbonyl (C=O) groups excluding carboxylic acids is 1. The molecule has 174 valence electrons. The Morgan fingerprint density at radius 3 is 2.33 bits per heavy atom. The minimum Gasteiger partial charge on any atom is -0.486 e. The average molecular weight is 454 g/mol. The van der Waals surface area contributed by atoms with E-state index < -0.39 is 22.7 Å². The number of benzene rings is 1. The summed E-state index contributed by atoms with van der Waals surface area (Å²) in [4.78, 5) is 52.4. The van der Waals surface area contributed by atoms with E-state index in [1.807, 2.05) is 13.8 Å². The van der Waals surface area contributed by atoms with Crippen molar-refractivity contribution in [2.75, 3.05) is 18.5 Å². The van der Waals surface area contributed by atoms with Crippen LogP contribution in [-0.4, -0.2) is 32.8 Å². The number of rotatable bonds is 6. The number of amides is 1. The molecule has 3 heterocycles. The molecule has 0 bridgehead atoms. The first-order chi connectivity index (χ1) is 15.9. The molecule has 1 amide bonds. The second-order valence-corrected chi connectivity index (χ2v) is 7.86. The van der Waals surface area contributed by atoms with Crippen molar-refractivity contribution in [2.45, 2.75) is 39.8 Å². The van der Waals surface area contributed by atoms with E-state index in [-0.39, 0.29) is 23.1 Å². The van der Waals surface area contributed by atoms with Gasteiger partial charge < -0.3 is 14.8 Å². The Bertz CT molecular complexity index is 1420. The first-order valence-corrected chi connectivity index (χ1v) is 11.0. The number of carbonyl (C=O) groups is 1. The van der Waals surface area contributed by atoms with Crippen molar-refractivity contribution in [2.24, 2.45) is 7.05 Å². The third-order valence-electron chi connectivity index (χ3n) is 5.52. The Morgan fingerprint density at radius 2 is 1.64 bits per heavy atom. The lowest BCUT2D eigenvalue weighted by Gasteiger charge is -2.19. The molecule has 1 N–H and O–H groups in total. The van der Waals surface area contributed by atoms with Gasteiger partial charge in [-0.2, -0.15) is 0 Å². The SMILES string of the molecule is CCCn1c(=O)c2c(C(=O)Nc3ccc4c(c3)OCCO4)cc(=O)n(CCC)c2n(C)c1=O. The lowest BCUT2D eigenvalue weighted by atomic mass is 10.1. The molecule has 0 saturated heterocycles. The Morgan fingerprint density at radius 1 is 0.970 bits per heavy atom. The summed E-state index contributed by atoms with van der Waals surface area (Å²) >= 11 is 0. The maximum absolute atomic E-state index is 13.3. The lowest BCUT2D eigenvalue weighted by Crippen LogP contribution is -2.42. The van der Waals surface area contributed by atoms with E-state index in [2.05, 4.69) is 5.32 Å².